The van der Waals surface area contributed by atoms with Crippen molar-refractivity contribution in [3.63, 3.8) is 0 Å². The molecule has 2 atom stereocenters. The lowest BCUT2D eigenvalue weighted by Crippen LogP contribution is -2.31. The number of halogens is 2. The maximum absolute atomic E-state index is 13.2. The van der Waals surface area contributed by atoms with Gasteiger partial charge in [0.1, 0.15) is 0 Å². The van der Waals surface area contributed by atoms with Crippen molar-refractivity contribution in [3.05, 3.63) is 35.4 Å². The Bertz CT molecular complexity index is 487. The normalized spacial score (nSPS) is 19.9. The molecular formula is C15H20F2N2O. The molecule has 0 radical (unpaired) electrons. The van der Waals surface area contributed by atoms with E-state index in [0.717, 1.165) is 31.6 Å². The van der Waals surface area contributed by atoms with Crippen molar-refractivity contribution in [2.75, 3.05) is 20.1 Å². The van der Waals surface area contributed by atoms with Crippen LogP contribution in [0.1, 0.15) is 31.4 Å². The molecule has 3 nitrogen and oxygen atoms in total. The first-order valence-corrected chi connectivity index (χ1v) is 6.90. The second-order valence-electron chi connectivity index (χ2n) is 5.42. The van der Waals surface area contributed by atoms with E-state index in [4.69, 9.17) is 0 Å². The van der Waals surface area contributed by atoms with Crippen LogP contribution in [-0.2, 0) is 4.79 Å². The summed E-state index contributed by atoms with van der Waals surface area (Å²) in [5.74, 6) is -1.33. The van der Waals surface area contributed by atoms with Crippen LogP contribution in [0.5, 0.6) is 0 Å². The second-order valence-corrected chi connectivity index (χ2v) is 5.42. The zero-order chi connectivity index (χ0) is 14.7. The minimum absolute atomic E-state index is 0.0379. The molecule has 0 spiro atoms. The summed E-state index contributed by atoms with van der Waals surface area (Å²) in [5, 5.41) is 3.23. The summed E-state index contributed by atoms with van der Waals surface area (Å²) in [6.45, 7) is 3.65. The van der Waals surface area contributed by atoms with E-state index in [2.05, 4.69) is 5.32 Å². The molecule has 1 saturated heterocycles. The fourth-order valence-electron chi connectivity index (χ4n) is 2.49. The average molecular weight is 282 g/mol. The summed E-state index contributed by atoms with van der Waals surface area (Å²) in [6, 6.07) is 3.50. The molecule has 2 rings (SSSR count). The Kier molecular flexibility index (Phi) is 4.70. The van der Waals surface area contributed by atoms with E-state index in [1.165, 1.54) is 6.07 Å². The predicted molar refractivity (Wildman–Crippen MR) is 73.1 cm³/mol. The van der Waals surface area contributed by atoms with Crippen molar-refractivity contribution in [2.45, 2.75) is 25.8 Å². The van der Waals surface area contributed by atoms with Gasteiger partial charge in [-0.3, -0.25) is 4.79 Å². The van der Waals surface area contributed by atoms with E-state index in [0.29, 0.717) is 17.9 Å². The van der Waals surface area contributed by atoms with Gasteiger partial charge in [0.05, 0.1) is 6.04 Å². The summed E-state index contributed by atoms with van der Waals surface area (Å²) >= 11 is 0. The van der Waals surface area contributed by atoms with Crippen molar-refractivity contribution in [2.24, 2.45) is 5.92 Å². The van der Waals surface area contributed by atoms with Crippen LogP contribution >= 0.6 is 0 Å². The zero-order valence-corrected chi connectivity index (χ0v) is 11.8. The van der Waals surface area contributed by atoms with Crippen molar-refractivity contribution in [1.82, 2.24) is 10.2 Å². The fraction of sp³-hybridized carbons (Fsp3) is 0.533. The third-order valence-electron chi connectivity index (χ3n) is 4.03. The number of carbonyl (C=O) groups is 1. The van der Waals surface area contributed by atoms with Crippen LogP contribution < -0.4 is 5.32 Å². The van der Waals surface area contributed by atoms with Gasteiger partial charge < -0.3 is 10.2 Å². The van der Waals surface area contributed by atoms with E-state index in [9.17, 15) is 13.6 Å². The number of rotatable bonds is 4. The standard InChI is InChI=1S/C15H20F2N2O/c1-10(12-3-4-13(16)14(17)8-12)19(2)15(20)7-11-5-6-18-9-11/h3-4,8,10-11,18H,5-7,9H2,1-2H3. The molecule has 0 aliphatic carbocycles. The summed E-state index contributed by atoms with van der Waals surface area (Å²) in [6.07, 6.45) is 1.51. The molecule has 0 aromatic heterocycles. The van der Waals surface area contributed by atoms with Crippen molar-refractivity contribution in [1.29, 1.82) is 0 Å². The molecule has 20 heavy (non-hydrogen) atoms. The number of benzene rings is 1. The van der Waals surface area contributed by atoms with Gasteiger partial charge in [0.25, 0.3) is 0 Å². The number of carbonyl (C=O) groups excluding carboxylic acids is 1. The lowest BCUT2D eigenvalue weighted by molar-refractivity contribution is -0.132. The third-order valence-corrected chi connectivity index (χ3v) is 4.03. The van der Waals surface area contributed by atoms with Gasteiger partial charge in [0, 0.05) is 13.5 Å². The lowest BCUT2D eigenvalue weighted by Gasteiger charge is -2.26. The molecule has 1 amide bonds. The summed E-state index contributed by atoms with van der Waals surface area (Å²) < 4.78 is 26.2. The molecule has 2 unspecified atom stereocenters. The number of hydrogen-bond donors (Lipinski definition) is 1. The topological polar surface area (TPSA) is 32.3 Å². The molecule has 1 aliphatic heterocycles. The Hall–Kier alpha value is -1.49. The largest absolute Gasteiger partial charge is 0.339 e. The van der Waals surface area contributed by atoms with Gasteiger partial charge in [-0.25, -0.2) is 8.78 Å². The Morgan fingerprint density at radius 2 is 2.20 bits per heavy atom. The van der Waals surface area contributed by atoms with E-state index < -0.39 is 11.6 Å². The fourth-order valence-corrected chi connectivity index (χ4v) is 2.49. The van der Waals surface area contributed by atoms with Crippen molar-refractivity contribution in [3.8, 4) is 0 Å². The number of nitrogens with zero attached hydrogens (tertiary/aromatic N) is 1. The van der Waals surface area contributed by atoms with Gasteiger partial charge in [-0.2, -0.15) is 0 Å². The highest BCUT2D eigenvalue weighted by Crippen LogP contribution is 2.23. The van der Waals surface area contributed by atoms with Gasteiger partial charge >= 0.3 is 0 Å². The molecule has 1 aromatic carbocycles. The molecular weight excluding hydrogens is 262 g/mol. The smallest absolute Gasteiger partial charge is 0.223 e. The first-order chi connectivity index (χ1) is 9.49. The minimum Gasteiger partial charge on any atom is -0.339 e. The molecule has 1 fully saturated rings. The van der Waals surface area contributed by atoms with Crippen LogP contribution in [-0.4, -0.2) is 30.9 Å². The first kappa shape index (κ1) is 14.9. The van der Waals surface area contributed by atoms with E-state index in [-0.39, 0.29) is 11.9 Å². The highest BCUT2D eigenvalue weighted by molar-refractivity contribution is 5.76. The summed E-state index contributed by atoms with van der Waals surface area (Å²) in [4.78, 5) is 13.8. The maximum atomic E-state index is 13.2. The average Bonchev–Trinajstić information content (AvgIpc) is 2.93. The van der Waals surface area contributed by atoms with Crippen LogP contribution in [0.2, 0.25) is 0 Å². The molecule has 5 heteroatoms. The van der Waals surface area contributed by atoms with Crippen molar-refractivity contribution < 1.29 is 13.6 Å². The molecule has 1 heterocycles. The van der Waals surface area contributed by atoms with E-state index in [1.54, 1.807) is 11.9 Å². The van der Waals surface area contributed by atoms with Gasteiger partial charge in [0.15, 0.2) is 11.6 Å². The molecule has 1 aliphatic rings. The lowest BCUT2D eigenvalue weighted by atomic mass is 10.0. The second kappa shape index (κ2) is 6.31. The molecule has 1 aromatic rings. The maximum Gasteiger partial charge on any atom is 0.223 e. The van der Waals surface area contributed by atoms with E-state index in [1.807, 2.05) is 6.92 Å². The monoisotopic (exact) mass is 282 g/mol. The number of hydrogen-bond acceptors (Lipinski definition) is 2. The van der Waals surface area contributed by atoms with Crippen LogP contribution in [0.4, 0.5) is 8.78 Å². The number of amides is 1. The predicted octanol–water partition coefficient (Wildman–Crippen LogP) is 2.48. The summed E-state index contributed by atoms with van der Waals surface area (Å²) in [5.41, 5.74) is 0.601. The molecule has 0 bridgehead atoms. The highest BCUT2D eigenvalue weighted by atomic mass is 19.2. The quantitative estimate of drug-likeness (QED) is 0.920. The van der Waals surface area contributed by atoms with Crippen LogP contribution in [0.25, 0.3) is 0 Å². The Morgan fingerprint density at radius 3 is 2.80 bits per heavy atom. The minimum atomic E-state index is -0.879. The van der Waals surface area contributed by atoms with Crippen LogP contribution in [0.15, 0.2) is 18.2 Å². The van der Waals surface area contributed by atoms with Crippen LogP contribution in [0.3, 0.4) is 0 Å². The number of nitrogens with one attached hydrogen (secondary N) is 1. The molecule has 1 N–H and O–H groups in total. The third kappa shape index (κ3) is 3.33. The van der Waals surface area contributed by atoms with Gasteiger partial charge in [-0.15, -0.1) is 0 Å². The first-order valence-electron chi connectivity index (χ1n) is 6.90. The Labute approximate surface area is 118 Å². The van der Waals surface area contributed by atoms with Crippen LogP contribution in [0, 0.1) is 17.6 Å². The highest BCUT2D eigenvalue weighted by Gasteiger charge is 2.23. The van der Waals surface area contributed by atoms with Gasteiger partial charge in [-0.05, 0) is 50.0 Å². The molecule has 110 valence electrons. The van der Waals surface area contributed by atoms with E-state index >= 15 is 0 Å². The van der Waals surface area contributed by atoms with Gasteiger partial charge in [-0.1, -0.05) is 6.07 Å². The molecule has 0 saturated carbocycles. The van der Waals surface area contributed by atoms with Gasteiger partial charge in [0.2, 0.25) is 5.91 Å². The Morgan fingerprint density at radius 1 is 1.45 bits per heavy atom. The van der Waals surface area contributed by atoms with Crippen molar-refractivity contribution >= 4 is 5.91 Å². The Balaban J connectivity index is 2.01. The SMILES string of the molecule is CC(c1ccc(F)c(F)c1)N(C)C(=O)CC1CCNC1. The zero-order valence-electron chi connectivity index (χ0n) is 11.8. The summed E-state index contributed by atoms with van der Waals surface area (Å²) in [7, 11) is 1.71.